The molecule has 10 nitrogen and oxygen atoms in total. The average molecular weight is 644 g/mol. The second kappa shape index (κ2) is 10.6. The number of imidazole rings is 1. The zero-order valence-electron chi connectivity index (χ0n) is 22.6. The molecule has 1 atom stereocenters. The second-order valence-corrected chi connectivity index (χ2v) is 15.9. The lowest BCUT2D eigenvalue weighted by Crippen LogP contribution is -2.34. The fourth-order valence-corrected chi connectivity index (χ4v) is 8.51. The van der Waals surface area contributed by atoms with Gasteiger partial charge in [0.2, 0.25) is 10.0 Å². The van der Waals surface area contributed by atoms with Crippen LogP contribution in [0.5, 0.6) is 0 Å². The number of hydrogen-bond donors (Lipinski definition) is 2. The number of nitrogens with zero attached hydrogens (tertiary/aromatic N) is 5. The number of halogens is 3. The van der Waals surface area contributed by atoms with Crippen LogP contribution < -0.4 is 4.72 Å². The molecule has 0 saturated heterocycles. The lowest BCUT2D eigenvalue weighted by molar-refractivity contribution is 0.150. The maximum atomic E-state index is 13.5. The van der Waals surface area contributed by atoms with Gasteiger partial charge in [0.25, 0.3) is 6.43 Å². The molecular weight excluding hydrogens is 616 g/mol. The molecule has 1 aromatic carbocycles. The van der Waals surface area contributed by atoms with Gasteiger partial charge < -0.3 is 4.90 Å². The minimum atomic E-state index is -4.01. The van der Waals surface area contributed by atoms with Gasteiger partial charge in [0.1, 0.15) is 0 Å². The Kier molecular flexibility index (Phi) is 7.74. The number of benzene rings is 1. The van der Waals surface area contributed by atoms with E-state index in [4.69, 9.17) is 16.4 Å². The fourth-order valence-electron chi connectivity index (χ4n) is 4.36. The predicted octanol–water partition coefficient (Wildman–Crippen LogP) is 5.22. The highest BCUT2D eigenvalue weighted by Crippen LogP contribution is 2.40. The van der Waals surface area contributed by atoms with Gasteiger partial charge in [-0.25, -0.2) is 35.9 Å². The number of sulfonamides is 1. The number of alkyl halides is 2. The molecule has 0 spiro atoms. The number of fused-ring (bicyclic) bond motifs is 1. The minimum Gasteiger partial charge on any atom is -0.308 e. The highest BCUT2D eigenvalue weighted by Gasteiger charge is 2.41. The maximum absolute atomic E-state index is 13.5. The Bertz CT molecular complexity index is 1870. The lowest BCUT2D eigenvalue weighted by atomic mass is 10.0. The smallest absolute Gasteiger partial charge is 0.291 e. The average Bonchev–Trinajstić information content (AvgIpc) is 3.26. The third-order valence-corrected chi connectivity index (χ3v) is 11.6. The Morgan fingerprint density at radius 3 is 2.51 bits per heavy atom. The number of pyridine rings is 1. The van der Waals surface area contributed by atoms with Gasteiger partial charge in [0.05, 0.1) is 25.0 Å². The molecule has 5 rings (SSSR count). The van der Waals surface area contributed by atoms with E-state index < -0.39 is 36.7 Å². The number of aromatic nitrogens is 4. The van der Waals surface area contributed by atoms with Gasteiger partial charge in [0.15, 0.2) is 21.0 Å². The molecule has 1 aliphatic rings. The van der Waals surface area contributed by atoms with Crippen molar-refractivity contribution in [3.8, 4) is 22.0 Å². The van der Waals surface area contributed by atoms with Gasteiger partial charge >= 0.3 is 0 Å². The van der Waals surface area contributed by atoms with E-state index in [1.807, 2.05) is 25.9 Å². The summed E-state index contributed by atoms with van der Waals surface area (Å²) >= 11 is 7.22. The lowest BCUT2D eigenvalue weighted by Gasteiger charge is -2.17. The first-order chi connectivity index (χ1) is 19.1. The van der Waals surface area contributed by atoms with Gasteiger partial charge in [-0.1, -0.05) is 35.1 Å². The molecule has 0 amide bonds. The molecule has 220 valence electrons. The topological polar surface area (TPSA) is 133 Å². The first-order valence-electron chi connectivity index (χ1n) is 12.5. The van der Waals surface area contributed by atoms with Crippen LogP contribution in [-0.2, 0) is 19.8 Å². The Labute approximate surface area is 245 Å². The molecule has 0 radical (unpaired) electrons. The molecule has 0 bridgehead atoms. The fraction of sp³-hybridized carbons (Fsp3) is 0.400. The third-order valence-electron chi connectivity index (χ3n) is 6.84. The van der Waals surface area contributed by atoms with Crippen LogP contribution in [0, 0.1) is 11.7 Å². The summed E-state index contributed by atoms with van der Waals surface area (Å²) in [4.78, 5) is 6.51. The van der Waals surface area contributed by atoms with Crippen LogP contribution in [0.15, 0.2) is 40.3 Å². The van der Waals surface area contributed by atoms with Crippen LogP contribution in [0.3, 0.4) is 0 Å². The van der Waals surface area contributed by atoms with Crippen molar-refractivity contribution >= 4 is 48.2 Å². The monoisotopic (exact) mass is 643 g/mol. The first-order valence-corrected chi connectivity index (χ1v) is 16.9. The summed E-state index contributed by atoms with van der Waals surface area (Å²) in [6.07, 6.45) is -0.0923. The summed E-state index contributed by atoms with van der Waals surface area (Å²) in [5.74, 6) is 0.222. The molecule has 0 unspecified atom stereocenters. The van der Waals surface area contributed by atoms with Crippen LogP contribution in [-0.4, -0.2) is 69.0 Å². The summed E-state index contributed by atoms with van der Waals surface area (Å²) in [6, 6.07) is 6.48. The highest BCUT2D eigenvalue weighted by molar-refractivity contribution is 7.92. The van der Waals surface area contributed by atoms with Crippen LogP contribution in [0.25, 0.3) is 27.5 Å². The molecule has 1 fully saturated rings. The summed E-state index contributed by atoms with van der Waals surface area (Å²) in [5, 5.41) is 6.93. The third kappa shape index (κ3) is 6.01. The maximum Gasteiger partial charge on any atom is 0.291 e. The van der Waals surface area contributed by atoms with Crippen molar-refractivity contribution in [2.45, 2.75) is 48.4 Å². The summed E-state index contributed by atoms with van der Waals surface area (Å²) in [7, 11) is -3.40. The van der Waals surface area contributed by atoms with E-state index in [1.54, 1.807) is 25.1 Å². The van der Waals surface area contributed by atoms with Crippen molar-refractivity contribution in [2.75, 3.05) is 26.4 Å². The molecule has 3 heterocycles. The number of rotatable bonds is 10. The molecule has 4 aromatic rings. The van der Waals surface area contributed by atoms with Gasteiger partial charge in [-0.2, -0.15) is 0 Å². The number of hydrogen-bond acceptors (Lipinski definition) is 9. The molecule has 0 aliphatic heterocycles. The van der Waals surface area contributed by atoms with Gasteiger partial charge in [-0.05, 0) is 64.0 Å². The van der Waals surface area contributed by atoms with E-state index in [0.29, 0.717) is 57.8 Å². The molecule has 2 N–H and O–H groups in total. The van der Waals surface area contributed by atoms with Crippen molar-refractivity contribution in [2.24, 2.45) is 0 Å². The van der Waals surface area contributed by atoms with Gasteiger partial charge in [-0.15, -0.1) is 10.2 Å². The quantitative estimate of drug-likeness (QED) is 0.242. The van der Waals surface area contributed by atoms with E-state index in [0.717, 1.165) is 0 Å². The van der Waals surface area contributed by atoms with Crippen molar-refractivity contribution < 1.29 is 21.4 Å². The van der Waals surface area contributed by atoms with Crippen LogP contribution >= 0.6 is 22.9 Å². The summed E-state index contributed by atoms with van der Waals surface area (Å²) in [5.41, 5.74) is 1.33. The molecule has 1 aliphatic carbocycles. The standard InChI is InChI=1S/C25H28ClF2N7O3S3/c1-14-11-15(5-6-18(14)40(29,36)10-9-34(3)4)17-12-16(41(37,38)33-25(2)7-8-25)13-35-19(17)20(26)30-22(35)24-32-31-23(39-24)21(27)28/h5-6,11-13,21,29,33H,7-10H2,1-4H3/t40-/m0/s1. The summed E-state index contributed by atoms with van der Waals surface area (Å²) < 4.78 is 79.3. The SMILES string of the molecule is Cc1cc(-c2cc(S(=O)(=O)NC3(C)CC3)cn3c(-c4nnc(C(F)F)s4)nc(Cl)c23)ccc1[S@@](=N)(=O)CCN(C)C. The molecule has 16 heteroatoms. The van der Waals surface area contributed by atoms with Crippen molar-refractivity contribution in [3.05, 3.63) is 46.2 Å². The van der Waals surface area contributed by atoms with Crippen molar-refractivity contribution in [1.82, 2.24) is 29.2 Å². The Morgan fingerprint density at radius 2 is 1.93 bits per heavy atom. The molecule has 41 heavy (non-hydrogen) atoms. The molecule has 3 aromatic heterocycles. The van der Waals surface area contributed by atoms with E-state index in [-0.39, 0.29) is 26.6 Å². The minimum absolute atomic E-state index is 0.00635. The zero-order chi connectivity index (χ0) is 29.9. The predicted molar refractivity (Wildman–Crippen MR) is 155 cm³/mol. The van der Waals surface area contributed by atoms with Crippen LogP contribution in [0.4, 0.5) is 8.78 Å². The van der Waals surface area contributed by atoms with E-state index >= 15 is 0 Å². The Hall–Kier alpha value is -2.56. The highest BCUT2D eigenvalue weighted by atomic mass is 35.5. The second-order valence-electron chi connectivity index (χ2n) is 10.6. The van der Waals surface area contributed by atoms with Crippen molar-refractivity contribution in [3.63, 3.8) is 0 Å². The number of nitrogens with one attached hydrogen (secondary N) is 2. The largest absolute Gasteiger partial charge is 0.308 e. The molecule has 1 saturated carbocycles. The van der Waals surface area contributed by atoms with E-state index in [1.165, 1.54) is 16.7 Å². The first kappa shape index (κ1) is 29.9. The van der Waals surface area contributed by atoms with Gasteiger partial charge in [0, 0.05) is 29.6 Å². The zero-order valence-corrected chi connectivity index (χ0v) is 25.8. The van der Waals surface area contributed by atoms with E-state index in [9.17, 15) is 21.4 Å². The Morgan fingerprint density at radius 1 is 1.22 bits per heavy atom. The summed E-state index contributed by atoms with van der Waals surface area (Å²) in [6.45, 7) is 4.03. The van der Waals surface area contributed by atoms with Gasteiger partial charge in [-0.3, -0.25) is 4.40 Å². The van der Waals surface area contributed by atoms with Crippen LogP contribution in [0.1, 0.15) is 36.8 Å². The van der Waals surface area contributed by atoms with Crippen molar-refractivity contribution in [1.29, 1.82) is 4.78 Å². The van der Waals surface area contributed by atoms with Crippen LogP contribution in [0.2, 0.25) is 5.15 Å². The normalized spacial score (nSPS) is 16.5. The van der Waals surface area contributed by atoms with E-state index in [2.05, 4.69) is 19.9 Å². The molecular formula is C25H28ClF2N7O3S3. The number of aryl methyl sites for hydroxylation is 1. The Balaban J connectivity index is 1.70.